The van der Waals surface area contributed by atoms with Crippen LogP contribution in [0.3, 0.4) is 0 Å². The number of hydrogen-bond acceptors (Lipinski definition) is 0. The molecule has 0 fully saturated rings. The van der Waals surface area contributed by atoms with Crippen LogP contribution in [-0.2, 0) is 0 Å². The summed E-state index contributed by atoms with van der Waals surface area (Å²) >= 11 is 0. The topological polar surface area (TPSA) is 0 Å². The van der Waals surface area contributed by atoms with E-state index in [-0.39, 0.29) is 0 Å². The molecule has 0 saturated heterocycles. The summed E-state index contributed by atoms with van der Waals surface area (Å²) in [6.07, 6.45) is 4.25. The van der Waals surface area contributed by atoms with Gasteiger partial charge in [-0.25, -0.2) is 0 Å². The van der Waals surface area contributed by atoms with E-state index in [0.29, 0.717) is 5.92 Å². The molecule has 0 bridgehead atoms. The third-order valence-electron chi connectivity index (χ3n) is 3.65. The maximum Gasteiger partial charge on any atom is 0.0249 e. The highest BCUT2D eigenvalue weighted by molar-refractivity contribution is 5.58. The van der Waals surface area contributed by atoms with Crippen LogP contribution in [0.25, 0.3) is 6.08 Å². The highest BCUT2D eigenvalue weighted by Crippen LogP contribution is 2.16. The van der Waals surface area contributed by atoms with E-state index in [4.69, 9.17) is 0 Å². The van der Waals surface area contributed by atoms with Crippen molar-refractivity contribution in [1.82, 2.24) is 0 Å². The standard InChI is InChI=1S/C22H22/c1-18(2)19(3)22(16-14-20-10-6-4-7-11-20)17-15-21-12-8-5-9-13-21/h4-14,16,18H,1-3H3/b16-14+,22-19-. The molecule has 0 N–H and O–H groups in total. The number of allylic oxidation sites excluding steroid dienone is 3. The van der Waals surface area contributed by atoms with Crippen molar-refractivity contribution >= 4 is 6.08 Å². The average molecular weight is 286 g/mol. The quantitative estimate of drug-likeness (QED) is 0.499. The molecule has 0 aromatic heterocycles. The minimum Gasteiger partial charge on any atom is -0.0622 e. The lowest BCUT2D eigenvalue weighted by Gasteiger charge is -2.07. The zero-order chi connectivity index (χ0) is 15.8. The van der Waals surface area contributed by atoms with Gasteiger partial charge in [-0.1, -0.05) is 85.9 Å². The lowest BCUT2D eigenvalue weighted by atomic mass is 9.98. The Bertz CT molecular complexity index is 705. The average Bonchev–Trinajstić information content (AvgIpc) is 2.56. The summed E-state index contributed by atoms with van der Waals surface area (Å²) in [7, 11) is 0. The Kier molecular flexibility index (Phi) is 5.81. The minimum absolute atomic E-state index is 0.487. The van der Waals surface area contributed by atoms with Crippen LogP contribution in [0.1, 0.15) is 31.9 Å². The Morgan fingerprint density at radius 1 is 0.909 bits per heavy atom. The minimum atomic E-state index is 0.487. The highest BCUT2D eigenvalue weighted by atomic mass is 14.1. The van der Waals surface area contributed by atoms with Crippen LogP contribution < -0.4 is 0 Å². The molecule has 0 aliphatic heterocycles. The van der Waals surface area contributed by atoms with Crippen LogP contribution in [0.2, 0.25) is 0 Å². The third-order valence-corrected chi connectivity index (χ3v) is 3.65. The van der Waals surface area contributed by atoms with Crippen molar-refractivity contribution in [1.29, 1.82) is 0 Å². The predicted octanol–water partition coefficient (Wildman–Crippen LogP) is 5.72. The van der Waals surface area contributed by atoms with E-state index in [0.717, 1.165) is 11.1 Å². The van der Waals surface area contributed by atoms with E-state index < -0.39 is 0 Å². The largest absolute Gasteiger partial charge is 0.0622 e. The molecule has 0 aliphatic carbocycles. The first-order chi connectivity index (χ1) is 10.7. The van der Waals surface area contributed by atoms with Gasteiger partial charge < -0.3 is 0 Å². The molecule has 0 aliphatic rings. The zero-order valence-electron chi connectivity index (χ0n) is 13.5. The molecule has 0 unspecified atom stereocenters. The molecule has 0 radical (unpaired) electrons. The summed E-state index contributed by atoms with van der Waals surface area (Å²) in [6, 6.07) is 20.5. The molecule has 22 heavy (non-hydrogen) atoms. The Balaban J connectivity index is 2.31. The van der Waals surface area contributed by atoms with Crippen LogP contribution >= 0.6 is 0 Å². The van der Waals surface area contributed by atoms with Crippen LogP contribution in [0.15, 0.2) is 77.9 Å². The SMILES string of the molecule is C/C(=C(C#Cc1ccccc1)\C=C\c1ccccc1)C(C)C. The van der Waals surface area contributed by atoms with Crippen molar-refractivity contribution in [3.8, 4) is 11.8 Å². The lowest BCUT2D eigenvalue weighted by molar-refractivity contribution is 0.765. The first-order valence-electron chi connectivity index (χ1n) is 7.68. The van der Waals surface area contributed by atoms with Crippen LogP contribution in [0.5, 0.6) is 0 Å². The molecule has 0 heterocycles. The van der Waals surface area contributed by atoms with E-state index >= 15 is 0 Å². The van der Waals surface area contributed by atoms with Gasteiger partial charge in [0.2, 0.25) is 0 Å². The van der Waals surface area contributed by atoms with Crippen molar-refractivity contribution in [3.05, 3.63) is 89.0 Å². The van der Waals surface area contributed by atoms with Gasteiger partial charge in [0.25, 0.3) is 0 Å². The van der Waals surface area contributed by atoms with Gasteiger partial charge in [0.1, 0.15) is 0 Å². The Hall–Kier alpha value is -2.52. The molecule has 110 valence electrons. The number of rotatable bonds is 3. The molecule has 2 aromatic rings. The van der Waals surface area contributed by atoms with Crippen molar-refractivity contribution < 1.29 is 0 Å². The molecule has 2 rings (SSSR count). The van der Waals surface area contributed by atoms with E-state index in [2.05, 4.69) is 56.9 Å². The lowest BCUT2D eigenvalue weighted by Crippen LogP contribution is -1.93. The van der Waals surface area contributed by atoms with Gasteiger partial charge in [-0.05, 0) is 36.6 Å². The smallest absolute Gasteiger partial charge is 0.0249 e. The van der Waals surface area contributed by atoms with Gasteiger partial charge in [-0.2, -0.15) is 0 Å². The van der Waals surface area contributed by atoms with Crippen LogP contribution in [0, 0.1) is 17.8 Å². The molecule has 0 saturated carbocycles. The zero-order valence-corrected chi connectivity index (χ0v) is 13.5. The predicted molar refractivity (Wildman–Crippen MR) is 96.3 cm³/mol. The summed E-state index contributed by atoms with van der Waals surface area (Å²) in [6.45, 7) is 6.57. The summed E-state index contributed by atoms with van der Waals surface area (Å²) in [5, 5.41) is 0. The molecule has 2 aromatic carbocycles. The fraction of sp³-hybridized carbons (Fsp3) is 0.182. The van der Waals surface area contributed by atoms with E-state index in [1.54, 1.807) is 0 Å². The first-order valence-corrected chi connectivity index (χ1v) is 7.68. The first kappa shape index (κ1) is 15.9. The Morgan fingerprint density at radius 3 is 2.09 bits per heavy atom. The Morgan fingerprint density at radius 2 is 1.50 bits per heavy atom. The van der Waals surface area contributed by atoms with Gasteiger partial charge in [-0.3, -0.25) is 0 Å². The monoisotopic (exact) mass is 286 g/mol. The van der Waals surface area contributed by atoms with Gasteiger partial charge in [0, 0.05) is 11.1 Å². The van der Waals surface area contributed by atoms with Gasteiger partial charge in [0.05, 0.1) is 0 Å². The van der Waals surface area contributed by atoms with E-state index in [1.165, 1.54) is 11.1 Å². The van der Waals surface area contributed by atoms with E-state index in [9.17, 15) is 0 Å². The molecule has 0 spiro atoms. The molecular formula is C22H22. The van der Waals surface area contributed by atoms with Gasteiger partial charge in [0.15, 0.2) is 0 Å². The summed E-state index contributed by atoms with van der Waals surface area (Å²) < 4.78 is 0. The van der Waals surface area contributed by atoms with Crippen molar-refractivity contribution in [2.75, 3.05) is 0 Å². The molecular weight excluding hydrogens is 264 g/mol. The number of benzene rings is 2. The van der Waals surface area contributed by atoms with Gasteiger partial charge in [-0.15, -0.1) is 0 Å². The molecule has 0 amide bonds. The van der Waals surface area contributed by atoms with Gasteiger partial charge >= 0.3 is 0 Å². The van der Waals surface area contributed by atoms with Crippen LogP contribution in [-0.4, -0.2) is 0 Å². The molecule has 0 atom stereocenters. The summed E-state index contributed by atoms with van der Waals surface area (Å²) in [5.74, 6) is 7.07. The van der Waals surface area contributed by atoms with Crippen molar-refractivity contribution in [2.45, 2.75) is 20.8 Å². The normalized spacial score (nSPS) is 12.0. The third kappa shape index (κ3) is 4.79. The summed E-state index contributed by atoms with van der Waals surface area (Å²) in [4.78, 5) is 0. The maximum atomic E-state index is 3.33. The molecule has 0 heteroatoms. The second-order valence-corrected chi connectivity index (χ2v) is 5.61. The molecule has 0 nitrogen and oxygen atoms in total. The number of hydrogen-bond donors (Lipinski definition) is 0. The Labute approximate surface area is 134 Å². The second-order valence-electron chi connectivity index (χ2n) is 5.61. The fourth-order valence-corrected chi connectivity index (χ4v) is 1.99. The van der Waals surface area contributed by atoms with Crippen molar-refractivity contribution in [2.24, 2.45) is 5.92 Å². The summed E-state index contributed by atoms with van der Waals surface area (Å²) in [5.41, 5.74) is 4.65. The van der Waals surface area contributed by atoms with E-state index in [1.807, 2.05) is 48.5 Å². The fourth-order valence-electron chi connectivity index (χ4n) is 1.99. The second kappa shape index (κ2) is 8.05. The van der Waals surface area contributed by atoms with Crippen molar-refractivity contribution in [3.63, 3.8) is 0 Å². The van der Waals surface area contributed by atoms with Crippen LogP contribution in [0.4, 0.5) is 0 Å². The highest BCUT2D eigenvalue weighted by Gasteiger charge is 2.01. The maximum absolute atomic E-state index is 3.33.